The van der Waals surface area contributed by atoms with Crippen molar-refractivity contribution < 1.29 is 29.7 Å². The van der Waals surface area contributed by atoms with E-state index in [9.17, 15) is 14.4 Å². The van der Waals surface area contributed by atoms with Gasteiger partial charge in [-0.1, -0.05) is 12.1 Å². The molecule has 0 atom stereocenters. The summed E-state index contributed by atoms with van der Waals surface area (Å²) in [6.07, 6.45) is 0. The molecule has 4 N–H and O–H groups in total. The van der Waals surface area contributed by atoms with E-state index in [0.717, 1.165) is 11.6 Å². The molecule has 0 saturated carbocycles. The molecule has 0 spiro atoms. The Morgan fingerprint density at radius 2 is 1.22 bits per heavy atom. The molecular formula is C16H13NO6. The second-order valence-corrected chi connectivity index (χ2v) is 4.76. The van der Waals surface area contributed by atoms with Crippen LogP contribution in [-0.4, -0.2) is 33.2 Å². The highest BCUT2D eigenvalue weighted by atomic mass is 16.4. The van der Waals surface area contributed by atoms with Crippen LogP contribution in [0.25, 0.3) is 0 Å². The maximum atomic E-state index is 11.0. The van der Waals surface area contributed by atoms with Crippen LogP contribution in [0.2, 0.25) is 0 Å². The average Bonchev–Trinajstić information content (AvgIpc) is 2.52. The highest BCUT2D eigenvalue weighted by molar-refractivity contribution is 5.95. The molecule has 2 aromatic carbocycles. The summed E-state index contributed by atoms with van der Waals surface area (Å²) in [6, 6.07) is 9.90. The van der Waals surface area contributed by atoms with Gasteiger partial charge in [-0.2, -0.15) is 0 Å². The van der Waals surface area contributed by atoms with E-state index in [-0.39, 0.29) is 16.7 Å². The minimum atomic E-state index is -1.22. The number of rotatable bonds is 6. The average molecular weight is 315 g/mol. The van der Waals surface area contributed by atoms with Crippen LogP contribution in [0.15, 0.2) is 42.5 Å². The number of carboxylic acids is 3. The second kappa shape index (κ2) is 6.61. The zero-order valence-corrected chi connectivity index (χ0v) is 11.8. The molecule has 0 fully saturated rings. The van der Waals surface area contributed by atoms with Crippen molar-refractivity contribution >= 4 is 23.6 Å². The standard InChI is InChI=1S/C16H13NO6/c18-14(19)10-3-1-9(2-4-10)8-17-13-6-11(15(20)21)5-12(7-13)16(22)23/h1-7,17H,8H2,(H,18,19)(H,20,21)(H,22,23). The van der Waals surface area contributed by atoms with Gasteiger partial charge < -0.3 is 20.6 Å². The molecule has 0 heterocycles. The molecule has 7 nitrogen and oxygen atoms in total. The number of hydrogen-bond donors (Lipinski definition) is 4. The normalized spacial score (nSPS) is 10.1. The van der Waals surface area contributed by atoms with Crippen molar-refractivity contribution in [2.75, 3.05) is 5.32 Å². The lowest BCUT2D eigenvalue weighted by molar-refractivity contribution is 0.0682. The number of benzene rings is 2. The van der Waals surface area contributed by atoms with E-state index in [4.69, 9.17) is 15.3 Å². The lowest BCUT2D eigenvalue weighted by atomic mass is 10.1. The van der Waals surface area contributed by atoms with Gasteiger partial charge in [0.15, 0.2) is 0 Å². The van der Waals surface area contributed by atoms with Crippen molar-refractivity contribution in [3.05, 3.63) is 64.7 Å². The van der Waals surface area contributed by atoms with E-state index in [1.54, 1.807) is 12.1 Å². The fourth-order valence-electron chi connectivity index (χ4n) is 1.95. The van der Waals surface area contributed by atoms with Crippen LogP contribution in [0, 0.1) is 0 Å². The molecule has 7 heteroatoms. The topological polar surface area (TPSA) is 124 Å². The summed E-state index contributed by atoms with van der Waals surface area (Å²) in [5.74, 6) is -3.46. The first-order valence-electron chi connectivity index (χ1n) is 6.54. The Morgan fingerprint density at radius 3 is 1.65 bits per heavy atom. The molecule has 0 aliphatic heterocycles. The van der Waals surface area contributed by atoms with Crippen LogP contribution in [0.3, 0.4) is 0 Å². The number of carboxylic acid groups (broad SMARTS) is 3. The van der Waals surface area contributed by atoms with Crippen molar-refractivity contribution in [3.63, 3.8) is 0 Å². The second-order valence-electron chi connectivity index (χ2n) is 4.76. The van der Waals surface area contributed by atoms with Crippen molar-refractivity contribution in [1.82, 2.24) is 0 Å². The van der Waals surface area contributed by atoms with Gasteiger partial charge in [-0.15, -0.1) is 0 Å². The molecule has 118 valence electrons. The number of anilines is 1. The molecule has 0 radical (unpaired) electrons. The first-order valence-corrected chi connectivity index (χ1v) is 6.54. The Labute approximate surface area is 130 Å². The van der Waals surface area contributed by atoms with E-state index in [2.05, 4.69) is 5.32 Å². The number of hydrogen-bond acceptors (Lipinski definition) is 4. The third kappa shape index (κ3) is 4.07. The summed E-state index contributed by atoms with van der Waals surface area (Å²) in [5, 5.41) is 29.8. The van der Waals surface area contributed by atoms with Crippen LogP contribution >= 0.6 is 0 Å². The van der Waals surface area contributed by atoms with Gasteiger partial charge in [0.25, 0.3) is 0 Å². The monoisotopic (exact) mass is 315 g/mol. The van der Waals surface area contributed by atoms with Crippen LogP contribution in [0.5, 0.6) is 0 Å². The summed E-state index contributed by atoms with van der Waals surface area (Å²) in [7, 11) is 0. The highest BCUT2D eigenvalue weighted by Gasteiger charge is 2.11. The molecular weight excluding hydrogens is 302 g/mol. The molecule has 0 unspecified atom stereocenters. The Balaban J connectivity index is 2.17. The van der Waals surface area contributed by atoms with Crippen molar-refractivity contribution in [3.8, 4) is 0 Å². The van der Waals surface area contributed by atoms with Gasteiger partial charge in [0.2, 0.25) is 0 Å². The third-order valence-electron chi connectivity index (χ3n) is 3.12. The molecule has 2 aromatic rings. The molecule has 0 aliphatic rings. The van der Waals surface area contributed by atoms with Gasteiger partial charge in [-0.3, -0.25) is 0 Å². The molecule has 0 aromatic heterocycles. The first-order chi connectivity index (χ1) is 10.9. The van der Waals surface area contributed by atoms with E-state index in [1.165, 1.54) is 24.3 Å². The maximum Gasteiger partial charge on any atom is 0.335 e. The van der Waals surface area contributed by atoms with Gasteiger partial charge in [0.1, 0.15) is 0 Å². The highest BCUT2D eigenvalue weighted by Crippen LogP contribution is 2.17. The van der Waals surface area contributed by atoms with E-state index in [1.807, 2.05) is 0 Å². The third-order valence-corrected chi connectivity index (χ3v) is 3.12. The zero-order chi connectivity index (χ0) is 17.0. The van der Waals surface area contributed by atoms with Gasteiger partial charge >= 0.3 is 17.9 Å². The Morgan fingerprint density at radius 1 is 0.739 bits per heavy atom. The van der Waals surface area contributed by atoms with Crippen molar-refractivity contribution in [2.45, 2.75) is 6.54 Å². The molecule has 0 aliphatic carbocycles. The van der Waals surface area contributed by atoms with E-state index in [0.29, 0.717) is 12.2 Å². The minimum Gasteiger partial charge on any atom is -0.478 e. The zero-order valence-electron chi connectivity index (χ0n) is 11.8. The Bertz CT molecular complexity index is 734. The van der Waals surface area contributed by atoms with Gasteiger partial charge in [-0.05, 0) is 35.9 Å². The fraction of sp³-hybridized carbons (Fsp3) is 0.0625. The fourth-order valence-corrected chi connectivity index (χ4v) is 1.95. The Kier molecular flexibility index (Phi) is 4.61. The SMILES string of the molecule is O=C(O)c1ccc(CNc2cc(C(=O)O)cc(C(=O)O)c2)cc1. The summed E-state index contributed by atoms with van der Waals surface area (Å²) in [6.45, 7) is 0.294. The molecule has 0 saturated heterocycles. The van der Waals surface area contributed by atoms with Crippen molar-refractivity contribution in [1.29, 1.82) is 0 Å². The largest absolute Gasteiger partial charge is 0.478 e. The smallest absolute Gasteiger partial charge is 0.335 e. The van der Waals surface area contributed by atoms with Crippen LogP contribution in [-0.2, 0) is 6.54 Å². The maximum absolute atomic E-state index is 11.0. The van der Waals surface area contributed by atoms with Gasteiger partial charge in [0, 0.05) is 12.2 Å². The summed E-state index contributed by atoms with van der Waals surface area (Å²) in [4.78, 5) is 32.8. The van der Waals surface area contributed by atoms with Crippen LogP contribution in [0.4, 0.5) is 5.69 Å². The minimum absolute atomic E-state index is 0.131. The summed E-state index contributed by atoms with van der Waals surface area (Å²) >= 11 is 0. The number of carbonyl (C=O) groups is 3. The predicted molar refractivity (Wildman–Crippen MR) is 81.1 cm³/mol. The quantitative estimate of drug-likeness (QED) is 0.645. The van der Waals surface area contributed by atoms with Crippen LogP contribution in [0.1, 0.15) is 36.6 Å². The van der Waals surface area contributed by atoms with E-state index < -0.39 is 17.9 Å². The summed E-state index contributed by atoms with van der Waals surface area (Å²) < 4.78 is 0. The molecule has 0 amide bonds. The molecule has 23 heavy (non-hydrogen) atoms. The van der Waals surface area contributed by atoms with E-state index >= 15 is 0 Å². The Hall–Kier alpha value is -3.35. The molecule has 2 rings (SSSR count). The number of aromatic carboxylic acids is 3. The lowest BCUT2D eigenvalue weighted by Crippen LogP contribution is -2.06. The van der Waals surface area contributed by atoms with Gasteiger partial charge in [0.05, 0.1) is 16.7 Å². The molecule has 0 bridgehead atoms. The predicted octanol–water partition coefficient (Wildman–Crippen LogP) is 2.39. The summed E-state index contributed by atoms with van der Waals surface area (Å²) in [5.41, 5.74) is 1.02. The van der Waals surface area contributed by atoms with Gasteiger partial charge in [-0.25, -0.2) is 14.4 Å². The lowest BCUT2D eigenvalue weighted by Gasteiger charge is -2.09. The van der Waals surface area contributed by atoms with Crippen molar-refractivity contribution in [2.24, 2.45) is 0 Å². The first kappa shape index (κ1) is 16.0. The van der Waals surface area contributed by atoms with Crippen LogP contribution < -0.4 is 5.32 Å². The number of nitrogens with one attached hydrogen (secondary N) is 1.